The number of carbonyl (C=O) groups is 2. The first-order valence-corrected chi connectivity index (χ1v) is 9.74. The molecule has 3 rings (SSSR count). The average molecular weight is 395 g/mol. The van der Waals surface area contributed by atoms with Crippen molar-refractivity contribution < 1.29 is 14.7 Å². The van der Waals surface area contributed by atoms with Crippen molar-refractivity contribution in [3.8, 4) is 0 Å². The lowest BCUT2D eigenvalue weighted by Gasteiger charge is -2.36. The summed E-state index contributed by atoms with van der Waals surface area (Å²) in [6.07, 6.45) is 0.501. The van der Waals surface area contributed by atoms with Gasteiger partial charge in [-0.1, -0.05) is 17.7 Å². The van der Waals surface area contributed by atoms with Crippen LogP contribution in [0.5, 0.6) is 0 Å². The van der Waals surface area contributed by atoms with Crippen LogP contribution in [0.2, 0.25) is 5.02 Å². The normalized spacial score (nSPS) is 23.5. The van der Waals surface area contributed by atoms with Crippen molar-refractivity contribution in [1.29, 1.82) is 0 Å². The van der Waals surface area contributed by atoms with E-state index >= 15 is 0 Å². The van der Waals surface area contributed by atoms with Crippen LogP contribution in [0.25, 0.3) is 0 Å². The summed E-state index contributed by atoms with van der Waals surface area (Å²) in [5.41, 5.74) is 0.319. The van der Waals surface area contributed by atoms with E-state index < -0.39 is 11.4 Å². The Morgan fingerprint density at radius 1 is 1.22 bits per heavy atom. The van der Waals surface area contributed by atoms with E-state index in [4.69, 9.17) is 11.6 Å². The molecule has 2 saturated heterocycles. The number of likely N-dealkylation sites (tertiary alicyclic amines) is 1. The van der Waals surface area contributed by atoms with Gasteiger partial charge in [0, 0.05) is 63.1 Å². The molecule has 2 aliphatic rings. The number of carboxylic acids is 1. The quantitative estimate of drug-likeness (QED) is 0.798. The molecule has 27 heavy (non-hydrogen) atoms. The van der Waals surface area contributed by atoms with Crippen molar-refractivity contribution in [2.24, 2.45) is 5.41 Å². The Morgan fingerprint density at radius 2 is 1.96 bits per heavy atom. The number of hydrogen-bond donors (Lipinski definition) is 2. The fourth-order valence-electron chi connectivity index (χ4n) is 3.64. The molecule has 0 radical (unpaired) electrons. The highest BCUT2D eigenvalue weighted by Crippen LogP contribution is 2.29. The zero-order valence-corrected chi connectivity index (χ0v) is 16.4. The predicted molar refractivity (Wildman–Crippen MR) is 105 cm³/mol. The Morgan fingerprint density at radius 3 is 2.59 bits per heavy atom. The van der Waals surface area contributed by atoms with Crippen LogP contribution < -0.4 is 10.2 Å². The molecular formula is C19H27ClN4O3. The van der Waals surface area contributed by atoms with Gasteiger partial charge in [0.2, 0.25) is 0 Å². The molecular weight excluding hydrogens is 368 g/mol. The van der Waals surface area contributed by atoms with Crippen LogP contribution in [-0.2, 0) is 4.79 Å². The summed E-state index contributed by atoms with van der Waals surface area (Å²) in [7, 11) is 0. The van der Waals surface area contributed by atoms with Crippen molar-refractivity contribution in [3.05, 3.63) is 29.3 Å². The Hall–Kier alpha value is -1.99. The SMILES string of the molecule is CC1(C(=O)O)CCN(C(=O)NCCN2CCN(c3cccc(Cl)c3)CC2)C1. The summed E-state index contributed by atoms with van der Waals surface area (Å²) in [5, 5.41) is 12.9. The molecule has 7 nitrogen and oxygen atoms in total. The number of nitrogens with one attached hydrogen (secondary N) is 1. The zero-order chi connectivity index (χ0) is 19.4. The third-order valence-electron chi connectivity index (χ3n) is 5.53. The van der Waals surface area contributed by atoms with Crippen LogP contribution in [-0.4, -0.2) is 79.3 Å². The van der Waals surface area contributed by atoms with E-state index in [9.17, 15) is 14.7 Å². The van der Waals surface area contributed by atoms with Crippen molar-refractivity contribution in [3.63, 3.8) is 0 Å². The third kappa shape index (κ3) is 4.84. The van der Waals surface area contributed by atoms with E-state index in [1.54, 1.807) is 11.8 Å². The van der Waals surface area contributed by atoms with Gasteiger partial charge in [0.15, 0.2) is 0 Å². The lowest BCUT2D eigenvalue weighted by atomic mass is 9.90. The first kappa shape index (κ1) is 19.8. The van der Waals surface area contributed by atoms with Crippen LogP contribution in [0.1, 0.15) is 13.3 Å². The van der Waals surface area contributed by atoms with Crippen LogP contribution in [0, 0.1) is 5.41 Å². The van der Waals surface area contributed by atoms with E-state index in [2.05, 4.69) is 21.2 Å². The highest BCUT2D eigenvalue weighted by molar-refractivity contribution is 6.30. The fourth-order valence-corrected chi connectivity index (χ4v) is 3.83. The van der Waals surface area contributed by atoms with Gasteiger partial charge in [0.1, 0.15) is 0 Å². The van der Waals surface area contributed by atoms with Crippen LogP contribution in [0.3, 0.4) is 0 Å². The average Bonchev–Trinajstić information content (AvgIpc) is 3.06. The second-order valence-corrected chi connectivity index (χ2v) is 8.01. The standard InChI is InChI=1S/C19H27ClN4O3/c1-19(17(25)26)5-7-24(14-19)18(27)21-6-8-22-9-11-23(12-10-22)16-4-2-3-15(20)13-16/h2-4,13H,5-12,14H2,1H3,(H,21,27)(H,25,26). The summed E-state index contributed by atoms with van der Waals surface area (Å²) in [6.45, 7) is 7.54. The molecule has 2 heterocycles. The Labute approximate surface area is 164 Å². The lowest BCUT2D eigenvalue weighted by Crippen LogP contribution is -2.49. The minimum atomic E-state index is -0.838. The minimum Gasteiger partial charge on any atom is -0.481 e. The van der Waals surface area contributed by atoms with Gasteiger partial charge in [-0.15, -0.1) is 0 Å². The molecule has 1 unspecified atom stereocenters. The number of rotatable bonds is 5. The van der Waals surface area contributed by atoms with Crippen LogP contribution in [0.15, 0.2) is 24.3 Å². The molecule has 148 valence electrons. The molecule has 8 heteroatoms. The number of amides is 2. The third-order valence-corrected chi connectivity index (χ3v) is 5.76. The molecule has 2 fully saturated rings. The van der Waals surface area contributed by atoms with E-state index in [0.717, 1.165) is 43.4 Å². The number of hydrogen-bond acceptors (Lipinski definition) is 4. The van der Waals surface area contributed by atoms with E-state index in [-0.39, 0.29) is 12.6 Å². The van der Waals surface area contributed by atoms with Crippen molar-refractivity contribution in [2.45, 2.75) is 13.3 Å². The van der Waals surface area contributed by atoms with Crippen LogP contribution in [0.4, 0.5) is 10.5 Å². The molecule has 0 aromatic heterocycles. The molecule has 0 bridgehead atoms. The largest absolute Gasteiger partial charge is 0.481 e. The molecule has 1 aromatic rings. The van der Waals surface area contributed by atoms with Gasteiger partial charge >= 0.3 is 12.0 Å². The molecule has 0 aliphatic carbocycles. The summed E-state index contributed by atoms with van der Waals surface area (Å²) in [4.78, 5) is 29.8. The molecule has 1 atom stereocenters. The highest BCUT2D eigenvalue weighted by Gasteiger charge is 2.42. The van der Waals surface area contributed by atoms with Gasteiger partial charge in [0.05, 0.1) is 5.41 Å². The van der Waals surface area contributed by atoms with Gasteiger partial charge in [-0.25, -0.2) is 4.79 Å². The van der Waals surface area contributed by atoms with E-state index in [1.165, 1.54) is 0 Å². The number of halogens is 1. The van der Waals surface area contributed by atoms with Gasteiger partial charge in [-0.2, -0.15) is 0 Å². The smallest absolute Gasteiger partial charge is 0.317 e. The summed E-state index contributed by atoms with van der Waals surface area (Å²) in [5.74, 6) is -0.838. The van der Waals surface area contributed by atoms with Crippen LogP contribution >= 0.6 is 11.6 Å². The number of anilines is 1. The number of piperazine rings is 1. The van der Waals surface area contributed by atoms with Crippen molar-refractivity contribution >= 4 is 29.3 Å². The molecule has 1 aromatic carbocycles. The van der Waals surface area contributed by atoms with Gasteiger partial charge in [-0.05, 0) is 31.5 Å². The molecule has 2 aliphatic heterocycles. The number of aliphatic carboxylic acids is 1. The van der Waals surface area contributed by atoms with Crippen molar-refractivity contribution in [2.75, 3.05) is 57.3 Å². The number of benzene rings is 1. The second-order valence-electron chi connectivity index (χ2n) is 7.58. The first-order valence-electron chi connectivity index (χ1n) is 9.36. The molecule has 2 amide bonds. The minimum absolute atomic E-state index is 0.169. The second kappa shape index (κ2) is 8.35. The maximum absolute atomic E-state index is 12.2. The van der Waals surface area contributed by atoms with Gasteiger partial charge in [-0.3, -0.25) is 9.69 Å². The number of nitrogens with zero attached hydrogens (tertiary/aromatic N) is 3. The monoisotopic (exact) mass is 394 g/mol. The van der Waals surface area contributed by atoms with E-state index in [1.807, 2.05) is 18.2 Å². The zero-order valence-electron chi connectivity index (χ0n) is 15.7. The lowest BCUT2D eigenvalue weighted by molar-refractivity contribution is -0.146. The topological polar surface area (TPSA) is 76.1 Å². The maximum atomic E-state index is 12.2. The number of carbonyl (C=O) groups excluding carboxylic acids is 1. The summed E-state index contributed by atoms with van der Waals surface area (Å²) in [6, 6.07) is 7.73. The van der Waals surface area contributed by atoms with Gasteiger partial charge in [0.25, 0.3) is 0 Å². The van der Waals surface area contributed by atoms with Gasteiger partial charge < -0.3 is 20.2 Å². The predicted octanol–water partition coefficient (Wildman–Crippen LogP) is 1.97. The Kier molecular flexibility index (Phi) is 6.11. The molecule has 0 spiro atoms. The Balaban J connectivity index is 1.37. The molecule has 0 saturated carbocycles. The summed E-state index contributed by atoms with van der Waals surface area (Å²) >= 11 is 6.07. The van der Waals surface area contributed by atoms with E-state index in [0.29, 0.717) is 19.5 Å². The Bertz CT molecular complexity index is 693. The summed E-state index contributed by atoms with van der Waals surface area (Å²) < 4.78 is 0. The number of urea groups is 1. The fraction of sp³-hybridized carbons (Fsp3) is 0.579. The number of carboxylic acid groups (broad SMARTS) is 1. The molecule has 2 N–H and O–H groups in total. The highest BCUT2D eigenvalue weighted by atomic mass is 35.5. The van der Waals surface area contributed by atoms with Crippen molar-refractivity contribution in [1.82, 2.24) is 15.1 Å². The maximum Gasteiger partial charge on any atom is 0.317 e. The first-order chi connectivity index (χ1) is 12.9.